The molecule has 0 aliphatic carbocycles. The minimum Gasteiger partial charge on any atom is -0.465 e. The number of fused-ring (bicyclic) bond motifs is 1. The molecule has 0 bridgehead atoms. The predicted octanol–water partition coefficient (Wildman–Crippen LogP) is 3.00. The van der Waals surface area contributed by atoms with E-state index in [1.807, 2.05) is 23.1 Å². The predicted molar refractivity (Wildman–Crippen MR) is 123 cm³/mol. The normalized spacial score (nSPS) is 14.4. The Hall–Kier alpha value is -3.30. The first-order valence-corrected chi connectivity index (χ1v) is 11.1. The third kappa shape index (κ3) is 4.63. The first-order chi connectivity index (χ1) is 15.5. The van der Waals surface area contributed by atoms with Gasteiger partial charge in [0.25, 0.3) is 5.91 Å². The van der Waals surface area contributed by atoms with Crippen molar-refractivity contribution >= 4 is 45.0 Å². The minimum atomic E-state index is -0.515. The van der Waals surface area contributed by atoms with Crippen molar-refractivity contribution in [3.63, 3.8) is 0 Å². The number of carbonyl (C=O) groups is 3. The van der Waals surface area contributed by atoms with Gasteiger partial charge in [0, 0.05) is 50.6 Å². The molecule has 1 saturated heterocycles. The van der Waals surface area contributed by atoms with Crippen molar-refractivity contribution in [2.45, 2.75) is 13.5 Å². The lowest BCUT2D eigenvalue weighted by molar-refractivity contribution is -0.130. The zero-order valence-electron chi connectivity index (χ0n) is 18.0. The number of benzene rings is 1. The number of esters is 1. The van der Waals surface area contributed by atoms with Crippen molar-refractivity contribution in [2.75, 3.05) is 38.6 Å². The van der Waals surface area contributed by atoms with E-state index in [1.165, 1.54) is 18.4 Å². The number of amides is 2. The molecule has 2 amide bonds. The van der Waals surface area contributed by atoms with Gasteiger partial charge in [-0.25, -0.2) is 9.78 Å². The number of hydrogen-bond donors (Lipinski definition) is 1. The lowest BCUT2D eigenvalue weighted by atomic mass is 10.2. The number of ether oxygens (including phenoxy) is 1. The van der Waals surface area contributed by atoms with Gasteiger partial charge >= 0.3 is 5.97 Å². The highest BCUT2D eigenvalue weighted by Gasteiger charge is 2.23. The highest BCUT2D eigenvalue weighted by molar-refractivity contribution is 7.21. The van der Waals surface area contributed by atoms with Crippen LogP contribution in [0, 0.1) is 0 Å². The van der Waals surface area contributed by atoms with Gasteiger partial charge in [-0.3, -0.25) is 14.5 Å². The second kappa shape index (κ2) is 9.46. The lowest BCUT2D eigenvalue weighted by Gasteiger charge is -2.33. The zero-order valence-corrected chi connectivity index (χ0v) is 18.8. The molecule has 0 unspecified atom stereocenters. The number of thiophene rings is 1. The summed E-state index contributed by atoms with van der Waals surface area (Å²) in [6.45, 7) is 5.23. The molecule has 9 heteroatoms. The molecule has 1 aromatic carbocycles. The summed E-state index contributed by atoms with van der Waals surface area (Å²) in [7, 11) is 1.31. The van der Waals surface area contributed by atoms with Crippen molar-refractivity contribution in [1.82, 2.24) is 14.8 Å². The van der Waals surface area contributed by atoms with Crippen LogP contribution in [0.3, 0.4) is 0 Å². The number of carbonyl (C=O) groups excluding carboxylic acids is 3. The van der Waals surface area contributed by atoms with Gasteiger partial charge in [-0.2, -0.15) is 0 Å². The smallest absolute Gasteiger partial charge is 0.350 e. The van der Waals surface area contributed by atoms with Crippen LogP contribution in [0.4, 0.5) is 5.69 Å². The van der Waals surface area contributed by atoms with Crippen molar-refractivity contribution in [1.29, 1.82) is 0 Å². The molecule has 32 heavy (non-hydrogen) atoms. The molecule has 1 N–H and O–H groups in total. The van der Waals surface area contributed by atoms with Crippen LogP contribution in [-0.4, -0.2) is 65.9 Å². The maximum absolute atomic E-state index is 12.7. The SMILES string of the molecule is COC(=O)c1sc2nc(CN3CCN(C(C)=O)CC3)ccc2c1NC(=O)c1ccccc1. The number of nitrogens with zero attached hydrogens (tertiary/aromatic N) is 3. The molecule has 1 fully saturated rings. The van der Waals surface area contributed by atoms with Crippen LogP contribution in [0.15, 0.2) is 42.5 Å². The number of nitrogens with one attached hydrogen (secondary N) is 1. The number of hydrogen-bond acceptors (Lipinski definition) is 7. The van der Waals surface area contributed by atoms with Crippen LogP contribution >= 0.6 is 11.3 Å². The molecular weight excluding hydrogens is 428 g/mol. The molecule has 4 rings (SSSR count). The van der Waals surface area contributed by atoms with Gasteiger partial charge < -0.3 is 15.0 Å². The molecule has 3 heterocycles. The Kier molecular flexibility index (Phi) is 6.48. The average Bonchev–Trinajstić information content (AvgIpc) is 3.17. The van der Waals surface area contributed by atoms with Crippen LogP contribution in [0.25, 0.3) is 10.2 Å². The molecule has 8 nitrogen and oxygen atoms in total. The number of aromatic nitrogens is 1. The largest absolute Gasteiger partial charge is 0.465 e. The van der Waals surface area contributed by atoms with E-state index in [9.17, 15) is 14.4 Å². The lowest BCUT2D eigenvalue weighted by Crippen LogP contribution is -2.47. The number of rotatable bonds is 5. The van der Waals surface area contributed by atoms with E-state index in [1.54, 1.807) is 31.2 Å². The van der Waals surface area contributed by atoms with Crippen molar-refractivity contribution in [3.8, 4) is 0 Å². The van der Waals surface area contributed by atoms with Gasteiger partial charge in [-0.05, 0) is 24.3 Å². The highest BCUT2D eigenvalue weighted by Crippen LogP contribution is 2.36. The van der Waals surface area contributed by atoms with Crippen molar-refractivity contribution in [3.05, 3.63) is 58.6 Å². The fourth-order valence-electron chi connectivity index (χ4n) is 3.69. The summed E-state index contributed by atoms with van der Waals surface area (Å²) in [6.07, 6.45) is 0. The Morgan fingerprint density at radius 1 is 1.06 bits per heavy atom. The van der Waals surface area contributed by atoms with Crippen LogP contribution < -0.4 is 5.32 Å². The summed E-state index contributed by atoms with van der Waals surface area (Å²) in [5.41, 5.74) is 1.78. The quantitative estimate of drug-likeness (QED) is 0.599. The third-order valence-corrected chi connectivity index (χ3v) is 6.54. The summed E-state index contributed by atoms with van der Waals surface area (Å²) >= 11 is 1.20. The molecule has 166 valence electrons. The standard InChI is InChI=1S/C23H24N4O4S/c1-15(28)27-12-10-26(11-13-27)14-17-8-9-18-19(20(23(30)31-2)32-22(18)24-17)25-21(29)16-6-4-3-5-7-16/h3-9H,10-14H2,1-2H3,(H,25,29). The Bertz CT molecular complexity index is 1150. The van der Waals surface area contributed by atoms with Gasteiger partial charge in [-0.15, -0.1) is 11.3 Å². The Labute approximate surface area is 189 Å². The molecule has 3 aromatic rings. The second-order valence-electron chi connectivity index (χ2n) is 7.56. The van der Waals surface area contributed by atoms with Gasteiger partial charge in [0.2, 0.25) is 5.91 Å². The summed E-state index contributed by atoms with van der Waals surface area (Å²) in [4.78, 5) is 46.4. The van der Waals surface area contributed by atoms with Gasteiger partial charge in [0.1, 0.15) is 9.71 Å². The summed E-state index contributed by atoms with van der Waals surface area (Å²) < 4.78 is 4.93. The van der Waals surface area contributed by atoms with Crippen molar-refractivity contribution in [2.24, 2.45) is 0 Å². The average molecular weight is 453 g/mol. The molecular formula is C23H24N4O4S. The van der Waals surface area contributed by atoms with Crippen LogP contribution in [0.1, 0.15) is 32.6 Å². The Morgan fingerprint density at radius 3 is 2.44 bits per heavy atom. The van der Waals surface area contributed by atoms with E-state index < -0.39 is 5.97 Å². The van der Waals surface area contributed by atoms with Gasteiger partial charge in [-0.1, -0.05) is 18.2 Å². The number of pyridine rings is 1. The van der Waals surface area contributed by atoms with E-state index in [0.717, 1.165) is 18.8 Å². The zero-order chi connectivity index (χ0) is 22.7. The molecule has 1 aliphatic rings. The first kappa shape index (κ1) is 21.9. The second-order valence-corrected chi connectivity index (χ2v) is 8.55. The number of methoxy groups -OCH3 is 1. The maximum Gasteiger partial charge on any atom is 0.350 e. The highest BCUT2D eigenvalue weighted by atomic mass is 32.1. The van der Waals surface area contributed by atoms with E-state index in [2.05, 4.69) is 10.2 Å². The molecule has 0 spiro atoms. The van der Waals surface area contributed by atoms with Gasteiger partial charge in [0.15, 0.2) is 0 Å². The number of piperazine rings is 1. The maximum atomic E-state index is 12.7. The fraction of sp³-hybridized carbons (Fsp3) is 0.304. The molecule has 1 aliphatic heterocycles. The topological polar surface area (TPSA) is 91.8 Å². The van der Waals surface area contributed by atoms with Crippen LogP contribution in [-0.2, 0) is 16.1 Å². The third-order valence-electron chi connectivity index (χ3n) is 5.46. The van der Waals surface area contributed by atoms with E-state index in [0.29, 0.717) is 46.0 Å². The van der Waals surface area contributed by atoms with E-state index in [4.69, 9.17) is 9.72 Å². The fourth-order valence-corrected chi connectivity index (χ4v) is 4.76. The number of anilines is 1. The molecule has 0 saturated carbocycles. The Morgan fingerprint density at radius 2 is 1.78 bits per heavy atom. The molecule has 2 aromatic heterocycles. The summed E-state index contributed by atoms with van der Waals surface area (Å²) in [5.74, 6) is -0.718. The molecule has 0 atom stereocenters. The summed E-state index contributed by atoms with van der Waals surface area (Å²) in [6, 6.07) is 12.6. The van der Waals surface area contributed by atoms with Gasteiger partial charge in [0.05, 0.1) is 18.5 Å². The van der Waals surface area contributed by atoms with Crippen LogP contribution in [0.5, 0.6) is 0 Å². The van der Waals surface area contributed by atoms with E-state index >= 15 is 0 Å². The van der Waals surface area contributed by atoms with Crippen LogP contribution in [0.2, 0.25) is 0 Å². The monoisotopic (exact) mass is 452 g/mol. The summed E-state index contributed by atoms with van der Waals surface area (Å²) in [5, 5.41) is 3.56. The van der Waals surface area contributed by atoms with Crippen molar-refractivity contribution < 1.29 is 19.1 Å². The van der Waals surface area contributed by atoms with E-state index in [-0.39, 0.29) is 11.8 Å². The Balaban J connectivity index is 1.58. The molecule has 0 radical (unpaired) electrons. The minimum absolute atomic E-state index is 0.100. The first-order valence-electron chi connectivity index (χ1n) is 10.3.